The van der Waals surface area contributed by atoms with Gasteiger partial charge in [-0.25, -0.2) is 4.39 Å². The highest BCUT2D eigenvalue weighted by molar-refractivity contribution is 8.13. The number of thioether (sulfide) groups is 1. The van der Waals surface area contributed by atoms with Crippen LogP contribution in [0.4, 0.5) is 4.39 Å². The van der Waals surface area contributed by atoms with Crippen molar-refractivity contribution in [1.82, 2.24) is 4.98 Å². The van der Waals surface area contributed by atoms with E-state index in [-0.39, 0.29) is 10.9 Å². The quantitative estimate of drug-likeness (QED) is 0.714. The molecule has 0 N–H and O–H groups in total. The van der Waals surface area contributed by atoms with Gasteiger partial charge in [0.15, 0.2) is 5.12 Å². The largest absolute Gasteiger partial charge is 0.491 e. The smallest absolute Gasteiger partial charge is 0.400 e. The summed E-state index contributed by atoms with van der Waals surface area (Å²) < 4.78 is 26.8. The first-order chi connectivity index (χ1) is 12.6. The van der Waals surface area contributed by atoms with E-state index in [1.54, 1.807) is 18.3 Å². The van der Waals surface area contributed by atoms with E-state index in [4.69, 9.17) is 9.31 Å². The molecule has 3 rings (SSSR count). The highest BCUT2D eigenvalue weighted by Crippen LogP contribution is 2.39. The number of hydrogen-bond donors (Lipinski definition) is 0. The summed E-state index contributed by atoms with van der Waals surface area (Å²) in [5.74, 6) is -0.000480. The molecule has 0 atom stereocenters. The molecule has 2 heterocycles. The minimum Gasteiger partial charge on any atom is -0.400 e. The Labute approximate surface area is 163 Å². The van der Waals surface area contributed by atoms with Gasteiger partial charge in [-0.1, -0.05) is 23.9 Å². The first kappa shape index (κ1) is 20.0. The van der Waals surface area contributed by atoms with Crippen LogP contribution in [0.2, 0.25) is 0 Å². The Morgan fingerprint density at radius 3 is 2.56 bits per heavy atom. The number of fused-ring (bicyclic) bond motifs is 1. The van der Waals surface area contributed by atoms with E-state index in [2.05, 4.69) is 4.98 Å². The van der Waals surface area contributed by atoms with Gasteiger partial charge in [0.25, 0.3) is 0 Å². The second-order valence-electron chi connectivity index (χ2n) is 7.66. The Kier molecular flexibility index (Phi) is 5.48. The average Bonchev–Trinajstić information content (AvgIpc) is 2.79. The van der Waals surface area contributed by atoms with E-state index in [1.807, 2.05) is 39.8 Å². The SMILES string of the molecule is CC(=O)SCC(=Cc1cc2cccnc2cc1F)B1OC(C)(C)C(C)(C)O1. The maximum atomic E-state index is 14.6. The molecule has 27 heavy (non-hydrogen) atoms. The van der Waals surface area contributed by atoms with E-state index < -0.39 is 18.3 Å². The molecule has 0 spiro atoms. The third kappa shape index (κ3) is 4.26. The summed E-state index contributed by atoms with van der Waals surface area (Å²) in [6.07, 6.45) is 3.36. The summed E-state index contributed by atoms with van der Waals surface area (Å²) in [4.78, 5) is 15.7. The van der Waals surface area contributed by atoms with E-state index in [9.17, 15) is 9.18 Å². The molecule has 1 saturated heterocycles. The van der Waals surface area contributed by atoms with Gasteiger partial charge >= 0.3 is 7.12 Å². The van der Waals surface area contributed by atoms with Gasteiger partial charge in [0.1, 0.15) is 5.82 Å². The van der Waals surface area contributed by atoms with E-state index in [0.717, 1.165) is 22.6 Å². The number of pyridine rings is 1. The zero-order chi connectivity index (χ0) is 19.8. The molecule has 0 amide bonds. The molecule has 0 unspecified atom stereocenters. The Bertz CT molecular complexity index is 897. The number of aromatic nitrogens is 1. The van der Waals surface area contributed by atoms with Crippen molar-refractivity contribution in [3.8, 4) is 0 Å². The lowest BCUT2D eigenvalue weighted by Crippen LogP contribution is -2.41. The van der Waals surface area contributed by atoms with Crippen molar-refractivity contribution in [3.05, 3.63) is 47.3 Å². The standard InChI is InChI=1S/C20H23BFNO3S/c1-13(24)27-12-16(21-25-19(2,3)20(4,5)26-21)10-15-9-14-7-6-8-23-18(14)11-17(15)22/h6-11H,12H2,1-5H3. The normalized spacial score (nSPS) is 18.9. The first-order valence-electron chi connectivity index (χ1n) is 8.83. The monoisotopic (exact) mass is 387 g/mol. The molecule has 142 valence electrons. The Hall–Kier alpha value is -1.70. The van der Waals surface area contributed by atoms with E-state index >= 15 is 0 Å². The zero-order valence-corrected chi connectivity index (χ0v) is 17.0. The van der Waals surface area contributed by atoms with Crippen LogP contribution in [0.15, 0.2) is 35.9 Å². The van der Waals surface area contributed by atoms with Gasteiger partial charge in [-0.2, -0.15) is 0 Å². The minimum atomic E-state index is -0.633. The fourth-order valence-electron chi connectivity index (χ4n) is 2.78. The van der Waals surface area contributed by atoms with Crippen LogP contribution in [0.5, 0.6) is 0 Å². The van der Waals surface area contributed by atoms with Crippen molar-refractivity contribution < 1.29 is 18.5 Å². The van der Waals surface area contributed by atoms with Crippen LogP contribution in [-0.2, 0) is 14.1 Å². The lowest BCUT2D eigenvalue weighted by Gasteiger charge is -2.32. The van der Waals surface area contributed by atoms with Crippen LogP contribution in [0.3, 0.4) is 0 Å². The number of rotatable bonds is 4. The van der Waals surface area contributed by atoms with Gasteiger partial charge in [-0.15, -0.1) is 0 Å². The number of benzene rings is 1. The summed E-state index contributed by atoms with van der Waals surface area (Å²) in [6, 6.07) is 6.87. The summed E-state index contributed by atoms with van der Waals surface area (Å²) >= 11 is 1.15. The molecule has 7 heteroatoms. The Balaban J connectivity index is 2.01. The van der Waals surface area contributed by atoms with Crippen LogP contribution >= 0.6 is 11.8 Å². The van der Waals surface area contributed by atoms with Crippen molar-refractivity contribution in [3.63, 3.8) is 0 Å². The van der Waals surface area contributed by atoms with Crippen LogP contribution in [0.25, 0.3) is 17.0 Å². The first-order valence-corrected chi connectivity index (χ1v) is 9.81. The van der Waals surface area contributed by atoms with Crippen molar-refractivity contribution in [2.75, 3.05) is 5.75 Å². The molecule has 1 aromatic carbocycles. The maximum absolute atomic E-state index is 14.6. The highest BCUT2D eigenvalue weighted by Gasteiger charge is 2.52. The fourth-order valence-corrected chi connectivity index (χ4v) is 3.37. The minimum absolute atomic E-state index is 0.0133. The molecule has 2 aromatic rings. The Morgan fingerprint density at radius 1 is 1.26 bits per heavy atom. The number of carbonyl (C=O) groups excluding carboxylic acids is 1. The molecule has 1 fully saturated rings. The van der Waals surface area contributed by atoms with Crippen LogP contribution in [-0.4, -0.2) is 34.2 Å². The lowest BCUT2D eigenvalue weighted by atomic mass is 9.78. The molecule has 1 aliphatic heterocycles. The van der Waals surface area contributed by atoms with E-state index in [1.165, 1.54) is 13.0 Å². The summed E-state index contributed by atoms with van der Waals surface area (Å²) in [6.45, 7) is 9.36. The summed E-state index contributed by atoms with van der Waals surface area (Å²) in [7, 11) is -0.633. The third-order valence-corrected chi connectivity index (χ3v) is 5.94. The molecule has 0 aliphatic carbocycles. The summed E-state index contributed by atoms with van der Waals surface area (Å²) in [5, 5.41) is 0.832. The predicted molar refractivity (Wildman–Crippen MR) is 109 cm³/mol. The number of hydrogen-bond acceptors (Lipinski definition) is 5. The van der Waals surface area contributed by atoms with Crippen molar-refractivity contribution in [1.29, 1.82) is 0 Å². The van der Waals surface area contributed by atoms with Crippen molar-refractivity contribution in [2.45, 2.75) is 45.8 Å². The molecule has 0 bridgehead atoms. The zero-order valence-electron chi connectivity index (χ0n) is 16.2. The summed E-state index contributed by atoms with van der Waals surface area (Å²) in [5.41, 5.74) is 0.718. The Morgan fingerprint density at radius 2 is 1.93 bits per heavy atom. The number of nitrogens with zero attached hydrogens (tertiary/aromatic N) is 1. The molecular weight excluding hydrogens is 364 g/mol. The van der Waals surface area contributed by atoms with Crippen LogP contribution in [0, 0.1) is 5.82 Å². The van der Waals surface area contributed by atoms with E-state index in [0.29, 0.717) is 16.8 Å². The van der Waals surface area contributed by atoms with Crippen LogP contribution in [0.1, 0.15) is 40.2 Å². The van der Waals surface area contributed by atoms with Gasteiger partial charge in [0, 0.05) is 35.9 Å². The predicted octanol–water partition coefficient (Wildman–Crippen LogP) is 4.67. The van der Waals surface area contributed by atoms with Gasteiger partial charge < -0.3 is 9.31 Å². The average molecular weight is 387 g/mol. The lowest BCUT2D eigenvalue weighted by molar-refractivity contribution is -0.109. The van der Waals surface area contributed by atoms with Gasteiger partial charge in [-0.3, -0.25) is 9.78 Å². The number of halogens is 1. The van der Waals surface area contributed by atoms with Gasteiger partial charge in [-0.05, 0) is 45.3 Å². The van der Waals surface area contributed by atoms with Gasteiger partial charge in [0.05, 0.1) is 16.7 Å². The topological polar surface area (TPSA) is 48.4 Å². The number of carbonyl (C=O) groups is 1. The highest BCUT2D eigenvalue weighted by atomic mass is 32.2. The second-order valence-corrected chi connectivity index (χ2v) is 8.81. The second kappa shape index (κ2) is 7.38. The van der Waals surface area contributed by atoms with Crippen LogP contribution < -0.4 is 0 Å². The van der Waals surface area contributed by atoms with Crippen molar-refractivity contribution >= 4 is 41.0 Å². The molecule has 0 saturated carbocycles. The maximum Gasteiger partial charge on any atom is 0.491 e. The molecule has 1 aromatic heterocycles. The molecule has 0 radical (unpaired) electrons. The molecule has 1 aliphatic rings. The third-order valence-electron chi connectivity index (χ3n) is 5.06. The molecular formula is C20H23BFNO3S. The molecule has 4 nitrogen and oxygen atoms in total. The van der Waals surface area contributed by atoms with Crippen molar-refractivity contribution in [2.24, 2.45) is 0 Å². The fraction of sp³-hybridized carbons (Fsp3) is 0.400. The van der Waals surface area contributed by atoms with Gasteiger partial charge in [0.2, 0.25) is 0 Å².